The van der Waals surface area contributed by atoms with Gasteiger partial charge in [0.2, 0.25) is 0 Å². The van der Waals surface area contributed by atoms with Crippen molar-refractivity contribution in [1.82, 2.24) is 9.34 Å². The van der Waals surface area contributed by atoms with Gasteiger partial charge in [0.25, 0.3) is 0 Å². The van der Waals surface area contributed by atoms with Crippen LogP contribution in [-0.2, 0) is 14.1 Å². The molecule has 28 heavy (non-hydrogen) atoms. The van der Waals surface area contributed by atoms with Crippen LogP contribution in [0.25, 0.3) is 0 Å². The van der Waals surface area contributed by atoms with E-state index in [4.69, 9.17) is 9.26 Å². The van der Waals surface area contributed by atoms with Crippen molar-refractivity contribution in [3.05, 3.63) is 0 Å². The van der Waals surface area contributed by atoms with Gasteiger partial charge >= 0.3 is 0 Å². The van der Waals surface area contributed by atoms with E-state index in [1.165, 1.54) is 11.8 Å². The van der Waals surface area contributed by atoms with Gasteiger partial charge in [0.05, 0.1) is 6.61 Å². The molecule has 0 rings (SSSR count). The normalized spacial score (nSPS) is 13.4. The Morgan fingerprint density at radius 1 is 0.893 bits per heavy atom. The summed E-state index contributed by atoms with van der Waals surface area (Å²) in [6.07, 6.45) is 0.851. The second-order valence-electron chi connectivity index (χ2n) is 9.28. The molecule has 0 aromatic carbocycles. The van der Waals surface area contributed by atoms with Crippen LogP contribution in [0.4, 0.5) is 0 Å². The first-order chi connectivity index (χ1) is 12.8. The summed E-state index contributed by atoms with van der Waals surface area (Å²) in [7, 11) is -0.913. The lowest BCUT2D eigenvalue weighted by Gasteiger charge is -2.45. The molecular formula is C21H45N2O3PS. The predicted octanol–water partition coefficient (Wildman–Crippen LogP) is 6.14. The minimum atomic E-state index is -0.913. The number of carbonyl (C=O) groups excluding carboxylic acids is 1. The van der Waals surface area contributed by atoms with Crippen molar-refractivity contribution in [2.45, 2.75) is 107 Å². The van der Waals surface area contributed by atoms with Gasteiger partial charge in [0, 0.05) is 35.3 Å². The zero-order chi connectivity index (χ0) is 22.1. The van der Waals surface area contributed by atoms with Gasteiger partial charge in [-0.15, -0.1) is 0 Å². The zero-order valence-corrected chi connectivity index (χ0v) is 21.8. The van der Waals surface area contributed by atoms with Crippen molar-refractivity contribution in [2.24, 2.45) is 5.41 Å². The Kier molecular flexibility index (Phi) is 13.7. The molecule has 0 saturated carbocycles. The van der Waals surface area contributed by atoms with E-state index in [1.54, 1.807) is 0 Å². The zero-order valence-electron chi connectivity index (χ0n) is 20.1. The molecule has 0 bridgehead atoms. The smallest absolute Gasteiger partial charge is 0.194 e. The molecule has 0 aliphatic carbocycles. The molecule has 0 atom stereocenters. The van der Waals surface area contributed by atoms with Gasteiger partial charge in [-0.3, -0.25) is 4.79 Å². The number of nitrogens with zero attached hydrogens (tertiary/aromatic N) is 2. The molecule has 0 aromatic rings. The van der Waals surface area contributed by atoms with E-state index in [0.29, 0.717) is 30.8 Å². The van der Waals surface area contributed by atoms with Gasteiger partial charge in [-0.1, -0.05) is 32.5 Å². The summed E-state index contributed by atoms with van der Waals surface area (Å²) in [4.78, 5) is 11.9. The van der Waals surface area contributed by atoms with Gasteiger partial charge in [-0.2, -0.15) is 0 Å². The summed E-state index contributed by atoms with van der Waals surface area (Å²) in [6, 6.07) is 1.58. The van der Waals surface area contributed by atoms with E-state index in [9.17, 15) is 4.79 Å². The van der Waals surface area contributed by atoms with E-state index in [1.807, 2.05) is 20.8 Å². The topological polar surface area (TPSA) is 42.0 Å². The number of hydrogen-bond acceptors (Lipinski definition) is 6. The highest BCUT2D eigenvalue weighted by atomic mass is 32.2. The molecule has 0 N–H and O–H groups in total. The SMILES string of the molecule is CC(C)N(C(C)C)P(OCOCCCSC(=O)C(C)(C)C)N(C(C)C)C(C)C. The number of ether oxygens (including phenoxy) is 1. The minimum Gasteiger partial charge on any atom is -0.355 e. The summed E-state index contributed by atoms with van der Waals surface area (Å²) >= 11 is 1.40. The molecule has 0 spiro atoms. The summed E-state index contributed by atoms with van der Waals surface area (Å²) in [6.45, 7) is 24.6. The van der Waals surface area contributed by atoms with Crippen molar-refractivity contribution in [2.75, 3.05) is 19.2 Å². The molecule has 5 nitrogen and oxygen atoms in total. The maximum absolute atomic E-state index is 11.9. The molecule has 0 radical (unpaired) electrons. The Balaban J connectivity index is 4.68. The summed E-state index contributed by atoms with van der Waals surface area (Å²) in [5.74, 6) is 0.791. The molecule has 0 unspecified atom stereocenters. The van der Waals surface area contributed by atoms with Crippen LogP contribution < -0.4 is 0 Å². The first-order valence-electron chi connectivity index (χ1n) is 10.5. The second-order valence-corrected chi connectivity index (χ2v) is 12.0. The molecule has 0 heterocycles. The molecular weight excluding hydrogens is 391 g/mol. The first-order valence-corrected chi connectivity index (χ1v) is 12.7. The highest BCUT2D eigenvalue weighted by Gasteiger charge is 2.34. The number of carbonyl (C=O) groups is 1. The van der Waals surface area contributed by atoms with Gasteiger partial charge < -0.3 is 9.26 Å². The lowest BCUT2D eigenvalue weighted by Crippen LogP contribution is -2.43. The molecule has 0 aliphatic heterocycles. The Labute approximate surface area is 180 Å². The highest BCUT2D eigenvalue weighted by molar-refractivity contribution is 8.13. The third-order valence-electron chi connectivity index (χ3n) is 4.04. The molecule has 0 fully saturated rings. The van der Waals surface area contributed by atoms with Crippen molar-refractivity contribution in [3.8, 4) is 0 Å². The Morgan fingerprint density at radius 2 is 1.32 bits per heavy atom. The third-order valence-corrected chi connectivity index (χ3v) is 8.38. The van der Waals surface area contributed by atoms with Crippen molar-refractivity contribution in [1.29, 1.82) is 0 Å². The standard InChI is InChI=1S/C21H45N2O3PS/c1-16(2)22(17(3)4)27(23(18(5)6)19(7)8)26-15-25-13-12-14-28-20(24)21(9,10)11/h16-19H,12-15H2,1-11H3. The Hall–Kier alpha value is 0.290. The Bertz CT molecular complexity index is 404. The van der Waals surface area contributed by atoms with Crippen LogP contribution in [0, 0.1) is 5.41 Å². The molecule has 7 heteroatoms. The van der Waals surface area contributed by atoms with Crippen LogP contribution in [-0.4, -0.2) is 57.8 Å². The average molecular weight is 437 g/mol. The second kappa shape index (κ2) is 13.6. The molecule has 0 amide bonds. The Morgan fingerprint density at radius 3 is 1.68 bits per heavy atom. The number of rotatable bonds is 13. The van der Waals surface area contributed by atoms with Crippen LogP contribution in [0.5, 0.6) is 0 Å². The van der Waals surface area contributed by atoms with Gasteiger partial charge in [0.15, 0.2) is 20.4 Å². The van der Waals surface area contributed by atoms with E-state index in [2.05, 4.69) is 64.7 Å². The fraction of sp³-hybridized carbons (Fsp3) is 0.952. The summed E-state index contributed by atoms with van der Waals surface area (Å²) < 4.78 is 17.0. The maximum atomic E-state index is 11.9. The quantitative estimate of drug-likeness (QED) is 0.196. The maximum Gasteiger partial charge on any atom is 0.194 e. The largest absolute Gasteiger partial charge is 0.355 e. The fourth-order valence-corrected chi connectivity index (χ4v) is 6.06. The van der Waals surface area contributed by atoms with E-state index in [0.717, 1.165) is 12.2 Å². The lowest BCUT2D eigenvalue weighted by molar-refractivity contribution is -0.117. The van der Waals surface area contributed by atoms with E-state index < -0.39 is 8.45 Å². The van der Waals surface area contributed by atoms with Crippen LogP contribution in [0.2, 0.25) is 0 Å². The monoisotopic (exact) mass is 436 g/mol. The summed E-state index contributed by atoms with van der Waals surface area (Å²) in [5, 5.41) is 0.237. The number of hydrogen-bond donors (Lipinski definition) is 0. The van der Waals surface area contributed by atoms with Crippen LogP contribution in [0.1, 0.15) is 82.6 Å². The summed E-state index contributed by atoms with van der Waals surface area (Å²) in [5.41, 5.74) is -0.279. The molecule has 168 valence electrons. The van der Waals surface area contributed by atoms with E-state index >= 15 is 0 Å². The van der Waals surface area contributed by atoms with Gasteiger partial charge in [0.1, 0.15) is 0 Å². The van der Waals surface area contributed by atoms with E-state index in [-0.39, 0.29) is 17.3 Å². The molecule has 0 aromatic heterocycles. The van der Waals surface area contributed by atoms with Crippen LogP contribution in [0.3, 0.4) is 0 Å². The van der Waals surface area contributed by atoms with Crippen molar-refractivity contribution >= 4 is 25.3 Å². The minimum absolute atomic E-state index is 0.237. The lowest BCUT2D eigenvalue weighted by atomic mass is 10.00. The van der Waals surface area contributed by atoms with Crippen molar-refractivity contribution < 1.29 is 14.1 Å². The predicted molar refractivity (Wildman–Crippen MR) is 125 cm³/mol. The van der Waals surface area contributed by atoms with Crippen LogP contribution >= 0.6 is 20.2 Å². The van der Waals surface area contributed by atoms with Crippen LogP contribution in [0.15, 0.2) is 0 Å². The average Bonchev–Trinajstić information content (AvgIpc) is 2.50. The molecule has 0 aliphatic rings. The number of thioether (sulfide) groups is 1. The molecule has 0 saturated heterocycles. The van der Waals surface area contributed by atoms with Gasteiger partial charge in [-0.25, -0.2) is 9.34 Å². The first kappa shape index (κ1) is 28.3. The highest BCUT2D eigenvalue weighted by Crippen LogP contribution is 2.50. The van der Waals surface area contributed by atoms with Gasteiger partial charge in [-0.05, 0) is 61.8 Å². The van der Waals surface area contributed by atoms with Crippen molar-refractivity contribution in [3.63, 3.8) is 0 Å². The third kappa shape index (κ3) is 10.4. The fourth-order valence-electron chi connectivity index (χ4n) is 2.92.